The summed E-state index contributed by atoms with van der Waals surface area (Å²) in [5.74, 6) is 1.06. The fourth-order valence-corrected chi connectivity index (χ4v) is 2.40. The minimum absolute atomic E-state index is 0.312. The van der Waals surface area contributed by atoms with Crippen LogP contribution in [0, 0.1) is 6.92 Å². The molecular weight excluding hydrogens is 262 g/mol. The Bertz CT molecular complexity index is 587. The van der Waals surface area contributed by atoms with Gasteiger partial charge in [-0.2, -0.15) is 5.10 Å². The van der Waals surface area contributed by atoms with Gasteiger partial charge in [-0.3, -0.25) is 15.3 Å². The molecule has 0 fully saturated rings. The van der Waals surface area contributed by atoms with E-state index in [0.717, 1.165) is 10.6 Å². The van der Waals surface area contributed by atoms with Crippen LogP contribution in [0.1, 0.15) is 30.3 Å². The first-order valence-electron chi connectivity index (χ1n) is 6.00. The lowest BCUT2D eigenvalue weighted by Crippen LogP contribution is -2.20. The van der Waals surface area contributed by atoms with Gasteiger partial charge in [-0.25, -0.2) is 9.78 Å². The second-order valence-corrected chi connectivity index (χ2v) is 5.66. The number of urea groups is 1. The summed E-state index contributed by atoms with van der Waals surface area (Å²) in [4.78, 5) is 17.1. The molecular formula is C12H17N5OS. The number of rotatable bonds is 3. The van der Waals surface area contributed by atoms with Crippen molar-refractivity contribution in [1.82, 2.24) is 14.8 Å². The Morgan fingerprint density at radius 2 is 2.16 bits per heavy atom. The van der Waals surface area contributed by atoms with Gasteiger partial charge in [0.1, 0.15) is 5.82 Å². The number of amides is 2. The van der Waals surface area contributed by atoms with E-state index >= 15 is 0 Å². The number of aromatic nitrogens is 3. The Balaban J connectivity index is 1.99. The summed E-state index contributed by atoms with van der Waals surface area (Å²) in [5.41, 5.74) is 0.856. The Labute approximate surface area is 115 Å². The van der Waals surface area contributed by atoms with E-state index in [9.17, 15) is 4.79 Å². The predicted octanol–water partition coefficient (Wildman–Crippen LogP) is 2.95. The minimum Gasteiger partial charge on any atom is -0.292 e. The number of nitrogens with zero attached hydrogens (tertiary/aromatic N) is 3. The van der Waals surface area contributed by atoms with Crippen molar-refractivity contribution in [3.05, 3.63) is 22.8 Å². The van der Waals surface area contributed by atoms with Crippen molar-refractivity contribution < 1.29 is 4.79 Å². The minimum atomic E-state index is -0.312. The Kier molecular flexibility index (Phi) is 3.84. The van der Waals surface area contributed by atoms with Gasteiger partial charge in [0.15, 0.2) is 5.13 Å². The van der Waals surface area contributed by atoms with Crippen molar-refractivity contribution in [3.63, 3.8) is 0 Å². The van der Waals surface area contributed by atoms with E-state index in [2.05, 4.69) is 34.6 Å². The highest BCUT2D eigenvalue weighted by Gasteiger charge is 2.10. The molecule has 0 aliphatic carbocycles. The molecule has 0 aromatic carbocycles. The van der Waals surface area contributed by atoms with Gasteiger partial charge in [0.05, 0.1) is 5.69 Å². The monoisotopic (exact) mass is 279 g/mol. The zero-order valence-electron chi connectivity index (χ0n) is 11.4. The molecule has 2 amide bonds. The van der Waals surface area contributed by atoms with Crippen LogP contribution >= 0.6 is 11.3 Å². The lowest BCUT2D eigenvalue weighted by Gasteiger charge is -2.04. The van der Waals surface area contributed by atoms with Crippen LogP contribution in [0.15, 0.2) is 12.3 Å². The summed E-state index contributed by atoms with van der Waals surface area (Å²) >= 11 is 1.48. The summed E-state index contributed by atoms with van der Waals surface area (Å²) < 4.78 is 1.62. The quantitative estimate of drug-likeness (QED) is 0.907. The van der Waals surface area contributed by atoms with Crippen molar-refractivity contribution in [2.45, 2.75) is 26.7 Å². The van der Waals surface area contributed by atoms with Crippen LogP contribution in [0.3, 0.4) is 0 Å². The molecule has 2 heterocycles. The largest absolute Gasteiger partial charge is 0.326 e. The highest BCUT2D eigenvalue weighted by Crippen LogP contribution is 2.25. The molecule has 2 N–H and O–H groups in total. The third-order valence-electron chi connectivity index (χ3n) is 2.56. The van der Waals surface area contributed by atoms with Crippen molar-refractivity contribution in [1.29, 1.82) is 0 Å². The van der Waals surface area contributed by atoms with Gasteiger partial charge in [-0.15, -0.1) is 11.3 Å². The molecule has 2 rings (SSSR count). The molecule has 0 radical (unpaired) electrons. The number of thiazole rings is 1. The molecule has 0 aliphatic heterocycles. The van der Waals surface area contributed by atoms with Gasteiger partial charge >= 0.3 is 6.03 Å². The fourth-order valence-electron chi connectivity index (χ4n) is 1.58. The Morgan fingerprint density at radius 3 is 2.68 bits per heavy atom. The van der Waals surface area contributed by atoms with Crippen molar-refractivity contribution >= 4 is 28.3 Å². The molecule has 0 saturated carbocycles. The second kappa shape index (κ2) is 5.40. The van der Waals surface area contributed by atoms with E-state index in [1.807, 2.05) is 6.92 Å². The van der Waals surface area contributed by atoms with Gasteiger partial charge in [-0.1, -0.05) is 13.8 Å². The molecule has 0 saturated heterocycles. The van der Waals surface area contributed by atoms with Gasteiger partial charge in [0.2, 0.25) is 0 Å². The molecule has 2 aromatic rings. The zero-order valence-corrected chi connectivity index (χ0v) is 12.2. The molecule has 0 spiro atoms. The molecule has 102 valence electrons. The van der Waals surface area contributed by atoms with Gasteiger partial charge in [0, 0.05) is 24.2 Å². The number of carbonyl (C=O) groups is 1. The molecule has 0 atom stereocenters. The number of carbonyl (C=O) groups excluding carboxylic acids is 1. The summed E-state index contributed by atoms with van der Waals surface area (Å²) in [6, 6.07) is 1.49. The molecule has 19 heavy (non-hydrogen) atoms. The zero-order chi connectivity index (χ0) is 14.0. The summed E-state index contributed by atoms with van der Waals surface area (Å²) in [7, 11) is 1.78. The molecule has 6 nitrogen and oxygen atoms in total. The molecule has 2 aromatic heterocycles. The maximum atomic E-state index is 11.8. The summed E-state index contributed by atoms with van der Waals surface area (Å²) in [6.07, 6.45) is 1.79. The smallest absolute Gasteiger partial charge is 0.292 e. The first-order chi connectivity index (χ1) is 8.95. The van der Waals surface area contributed by atoms with E-state index < -0.39 is 0 Å². The third kappa shape index (κ3) is 3.31. The van der Waals surface area contributed by atoms with E-state index in [1.54, 1.807) is 24.0 Å². The van der Waals surface area contributed by atoms with Crippen LogP contribution in [0.4, 0.5) is 15.7 Å². The lowest BCUT2D eigenvalue weighted by atomic mass is 10.2. The number of aryl methyl sites for hydroxylation is 2. The highest BCUT2D eigenvalue weighted by molar-refractivity contribution is 7.15. The van der Waals surface area contributed by atoms with Crippen LogP contribution in [-0.2, 0) is 7.05 Å². The number of hydrogen-bond acceptors (Lipinski definition) is 4. The molecule has 0 aliphatic rings. The number of hydrogen-bond donors (Lipinski definition) is 2. The highest BCUT2D eigenvalue weighted by atomic mass is 32.1. The fraction of sp³-hybridized carbons (Fsp3) is 0.417. The number of anilines is 2. The number of nitrogens with one attached hydrogen (secondary N) is 2. The van der Waals surface area contributed by atoms with E-state index in [0.29, 0.717) is 16.9 Å². The topological polar surface area (TPSA) is 71.8 Å². The summed E-state index contributed by atoms with van der Waals surface area (Å²) in [5, 5.41) is 10.2. The summed E-state index contributed by atoms with van der Waals surface area (Å²) in [6.45, 7) is 6.06. The van der Waals surface area contributed by atoms with E-state index in [4.69, 9.17) is 0 Å². The molecule has 7 heteroatoms. The van der Waals surface area contributed by atoms with Gasteiger partial charge < -0.3 is 0 Å². The molecule has 0 bridgehead atoms. The van der Waals surface area contributed by atoms with Crippen molar-refractivity contribution in [2.24, 2.45) is 7.05 Å². The molecule has 0 unspecified atom stereocenters. The Hall–Kier alpha value is -1.89. The standard InChI is InChI=1S/C12H17N5OS/c1-7(2)9-6-13-12(19-9)15-11(18)14-10-5-8(3)16-17(10)4/h5-7H,1-4H3,(H2,13,14,15,18). The van der Waals surface area contributed by atoms with E-state index in [-0.39, 0.29) is 6.03 Å². The maximum Gasteiger partial charge on any atom is 0.326 e. The Morgan fingerprint density at radius 1 is 1.42 bits per heavy atom. The van der Waals surface area contributed by atoms with Crippen molar-refractivity contribution in [3.8, 4) is 0 Å². The second-order valence-electron chi connectivity index (χ2n) is 4.60. The SMILES string of the molecule is Cc1cc(NC(=O)Nc2ncc(C(C)C)s2)n(C)n1. The van der Waals surface area contributed by atoms with Crippen LogP contribution in [0.25, 0.3) is 0 Å². The average Bonchev–Trinajstić information content (AvgIpc) is 2.87. The average molecular weight is 279 g/mol. The van der Waals surface area contributed by atoms with Crippen LogP contribution < -0.4 is 10.6 Å². The predicted molar refractivity (Wildman–Crippen MR) is 76.8 cm³/mol. The first kappa shape index (κ1) is 13.5. The lowest BCUT2D eigenvalue weighted by molar-refractivity contribution is 0.262. The van der Waals surface area contributed by atoms with Gasteiger partial charge in [0.25, 0.3) is 0 Å². The van der Waals surface area contributed by atoms with Crippen molar-refractivity contribution in [2.75, 3.05) is 10.6 Å². The van der Waals surface area contributed by atoms with Crippen LogP contribution in [-0.4, -0.2) is 20.8 Å². The normalized spacial score (nSPS) is 10.8. The third-order valence-corrected chi connectivity index (χ3v) is 3.77. The van der Waals surface area contributed by atoms with Crippen LogP contribution in [0.2, 0.25) is 0 Å². The van der Waals surface area contributed by atoms with E-state index in [1.165, 1.54) is 11.3 Å². The first-order valence-corrected chi connectivity index (χ1v) is 6.81. The van der Waals surface area contributed by atoms with Crippen LogP contribution in [0.5, 0.6) is 0 Å². The van der Waals surface area contributed by atoms with Gasteiger partial charge in [-0.05, 0) is 12.8 Å². The maximum absolute atomic E-state index is 11.8.